The molecular formula is C16H21N3O4S. The molecule has 24 heavy (non-hydrogen) atoms. The summed E-state index contributed by atoms with van der Waals surface area (Å²) in [5.74, 6) is -0.300. The van der Waals surface area contributed by atoms with Gasteiger partial charge in [-0.1, -0.05) is 26.8 Å². The third-order valence-electron chi connectivity index (χ3n) is 3.33. The molecule has 0 aliphatic heterocycles. The molecule has 0 spiro atoms. The second kappa shape index (κ2) is 7.12. The highest BCUT2D eigenvalue weighted by Crippen LogP contribution is 2.22. The van der Waals surface area contributed by atoms with Gasteiger partial charge in [0.25, 0.3) is 10.0 Å². The zero-order valence-electron chi connectivity index (χ0n) is 13.9. The van der Waals surface area contributed by atoms with Crippen molar-refractivity contribution in [3.8, 4) is 11.5 Å². The minimum absolute atomic E-state index is 0.0256. The zero-order chi connectivity index (χ0) is 17.8. The molecule has 7 nitrogen and oxygen atoms in total. The van der Waals surface area contributed by atoms with Gasteiger partial charge >= 0.3 is 0 Å². The van der Waals surface area contributed by atoms with E-state index in [9.17, 15) is 13.2 Å². The van der Waals surface area contributed by atoms with Crippen LogP contribution >= 0.6 is 0 Å². The smallest absolute Gasteiger partial charge is 0.264 e. The van der Waals surface area contributed by atoms with Crippen LogP contribution < -0.4 is 4.72 Å². The Balaban J connectivity index is 2.05. The highest BCUT2D eigenvalue weighted by Gasteiger charge is 2.19. The van der Waals surface area contributed by atoms with Gasteiger partial charge in [-0.25, -0.2) is 13.1 Å². The Morgan fingerprint density at radius 3 is 2.67 bits per heavy atom. The first kappa shape index (κ1) is 18.1. The van der Waals surface area contributed by atoms with Crippen molar-refractivity contribution in [3.05, 3.63) is 30.7 Å². The van der Waals surface area contributed by atoms with E-state index in [0.29, 0.717) is 12.0 Å². The summed E-state index contributed by atoms with van der Waals surface area (Å²) in [5.41, 5.74) is 0.577. The van der Waals surface area contributed by atoms with Crippen LogP contribution in [-0.4, -0.2) is 24.5 Å². The minimum Gasteiger partial charge on any atom is -0.423 e. The highest BCUT2D eigenvalue weighted by molar-refractivity contribution is 7.90. The molecule has 0 aliphatic rings. The lowest BCUT2D eigenvalue weighted by Gasteiger charge is -2.17. The molecule has 130 valence electrons. The predicted molar refractivity (Wildman–Crippen MR) is 88.4 cm³/mol. The number of sulfonamides is 1. The molecule has 0 saturated carbocycles. The third kappa shape index (κ3) is 5.16. The van der Waals surface area contributed by atoms with Crippen molar-refractivity contribution < 1.29 is 17.6 Å². The van der Waals surface area contributed by atoms with Crippen LogP contribution in [0.2, 0.25) is 0 Å². The Morgan fingerprint density at radius 1 is 1.29 bits per heavy atom. The van der Waals surface area contributed by atoms with E-state index in [1.54, 1.807) is 12.1 Å². The molecule has 1 heterocycles. The second-order valence-corrected chi connectivity index (χ2v) is 8.40. The summed E-state index contributed by atoms with van der Waals surface area (Å²) in [6.07, 6.45) is 2.80. The summed E-state index contributed by atoms with van der Waals surface area (Å²) >= 11 is 0. The topological polar surface area (TPSA) is 102 Å². The number of nitrogens with zero attached hydrogens (tertiary/aromatic N) is 2. The van der Waals surface area contributed by atoms with E-state index < -0.39 is 15.9 Å². The molecule has 2 aromatic rings. The quantitative estimate of drug-likeness (QED) is 0.858. The van der Waals surface area contributed by atoms with Crippen molar-refractivity contribution in [2.24, 2.45) is 5.41 Å². The standard InChI is InChI=1S/C16H21N3O4S/c1-16(2,3)9-5-8-14(20)19-24(21,22)13-7-4-6-12(10-13)15-18-17-11-23-15/h4,6-7,10-11H,5,8-9H2,1-3H3,(H,19,20). The van der Waals surface area contributed by atoms with Crippen molar-refractivity contribution in [2.45, 2.75) is 44.9 Å². The second-order valence-electron chi connectivity index (χ2n) is 6.71. The number of carbonyl (C=O) groups is 1. The van der Waals surface area contributed by atoms with Gasteiger partial charge in [0.05, 0.1) is 4.90 Å². The monoisotopic (exact) mass is 351 g/mol. The molecule has 0 unspecified atom stereocenters. The van der Waals surface area contributed by atoms with Gasteiger partial charge in [0.1, 0.15) is 0 Å². The van der Waals surface area contributed by atoms with Crippen LogP contribution in [0.3, 0.4) is 0 Å². The molecule has 0 saturated heterocycles. The lowest BCUT2D eigenvalue weighted by Crippen LogP contribution is -2.30. The molecule has 0 bridgehead atoms. The summed E-state index contributed by atoms with van der Waals surface area (Å²) in [6, 6.07) is 6.00. The number of benzene rings is 1. The minimum atomic E-state index is -3.93. The zero-order valence-corrected chi connectivity index (χ0v) is 14.8. The van der Waals surface area contributed by atoms with Gasteiger partial charge in [-0.05, 0) is 36.5 Å². The van der Waals surface area contributed by atoms with Gasteiger partial charge < -0.3 is 4.42 Å². The van der Waals surface area contributed by atoms with Crippen LogP contribution in [0.25, 0.3) is 11.5 Å². The van der Waals surface area contributed by atoms with Crippen LogP contribution in [0.15, 0.2) is 40.0 Å². The summed E-state index contributed by atoms with van der Waals surface area (Å²) < 4.78 is 31.8. The Kier molecular flexibility index (Phi) is 5.38. The number of carbonyl (C=O) groups excluding carboxylic acids is 1. The maximum atomic E-state index is 12.3. The van der Waals surface area contributed by atoms with Gasteiger partial charge in [-0.3, -0.25) is 4.79 Å². The molecular weight excluding hydrogens is 330 g/mol. The first-order valence-electron chi connectivity index (χ1n) is 7.60. The van der Waals surface area contributed by atoms with E-state index in [1.165, 1.54) is 12.1 Å². The number of amides is 1. The number of hydrogen-bond acceptors (Lipinski definition) is 6. The largest absolute Gasteiger partial charge is 0.423 e. The summed E-state index contributed by atoms with van der Waals surface area (Å²) in [4.78, 5) is 11.9. The fourth-order valence-electron chi connectivity index (χ4n) is 2.13. The number of rotatable bonds is 6. The van der Waals surface area contributed by atoms with Crippen LogP contribution in [0.1, 0.15) is 40.0 Å². The Bertz CT molecular complexity index is 793. The molecule has 1 amide bonds. The van der Waals surface area contributed by atoms with Crippen LogP contribution in [0.5, 0.6) is 0 Å². The molecule has 1 N–H and O–H groups in total. The Labute approximate surface area is 141 Å². The van der Waals surface area contributed by atoms with E-state index in [0.717, 1.165) is 12.8 Å². The van der Waals surface area contributed by atoms with Gasteiger partial charge in [-0.2, -0.15) is 0 Å². The average molecular weight is 351 g/mol. The molecule has 0 aliphatic carbocycles. The van der Waals surface area contributed by atoms with E-state index in [-0.39, 0.29) is 22.6 Å². The van der Waals surface area contributed by atoms with Crippen molar-refractivity contribution in [1.82, 2.24) is 14.9 Å². The van der Waals surface area contributed by atoms with Crippen molar-refractivity contribution in [3.63, 3.8) is 0 Å². The number of hydrogen-bond donors (Lipinski definition) is 1. The maximum Gasteiger partial charge on any atom is 0.264 e. The summed E-state index contributed by atoms with van der Waals surface area (Å²) in [6.45, 7) is 6.22. The van der Waals surface area contributed by atoms with Crippen LogP contribution in [0, 0.1) is 5.41 Å². The number of nitrogens with one attached hydrogen (secondary N) is 1. The van der Waals surface area contributed by atoms with E-state index in [1.807, 2.05) is 0 Å². The molecule has 1 aromatic carbocycles. The predicted octanol–water partition coefficient (Wildman–Crippen LogP) is 2.76. The van der Waals surface area contributed by atoms with Gasteiger partial charge in [0.15, 0.2) is 0 Å². The lowest BCUT2D eigenvalue weighted by molar-refractivity contribution is -0.119. The van der Waals surface area contributed by atoms with Crippen molar-refractivity contribution >= 4 is 15.9 Å². The molecule has 1 aromatic heterocycles. The van der Waals surface area contributed by atoms with E-state index in [2.05, 4.69) is 35.7 Å². The van der Waals surface area contributed by atoms with Crippen molar-refractivity contribution in [2.75, 3.05) is 0 Å². The third-order valence-corrected chi connectivity index (χ3v) is 4.70. The fourth-order valence-corrected chi connectivity index (χ4v) is 3.19. The normalized spacial score (nSPS) is 12.1. The van der Waals surface area contributed by atoms with E-state index in [4.69, 9.17) is 4.42 Å². The van der Waals surface area contributed by atoms with E-state index >= 15 is 0 Å². The van der Waals surface area contributed by atoms with Gasteiger partial charge in [0.2, 0.25) is 18.2 Å². The number of aromatic nitrogens is 2. The molecule has 0 radical (unpaired) electrons. The Hall–Kier alpha value is -2.22. The molecule has 8 heteroatoms. The summed E-state index contributed by atoms with van der Waals surface area (Å²) in [5, 5.41) is 7.29. The van der Waals surface area contributed by atoms with Gasteiger partial charge in [-0.15, -0.1) is 10.2 Å². The fraction of sp³-hybridized carbons (Fsp3) is 0.438. The first-order valence-corrected chi connectivity index (χ1v) is 9.08. The summed E-state index contributed by atoms with van der Waals surface area (Å²) in [7, 11) is -3.93. The SMILES string of the molecule is CC(C)(C)CCCC(=O)NS(=O)(=O)c1cccc(-c2nnco2)c1. The maximum absolute atomic E-state index is 12.3. The highest BCUT2D eigenvalue weighted by atomic mass is 32.2. The average Bonchev–Trinajstić information content (AvgIpc) is 2.99. The molecule has 2 rings (SSSR count). The van der Waals surface area contributed by atoms with Crippen molar-refractivity contribution in [1.29, 1.82) is 0 Å². The lowest BCUT2D eigenvalue weighted by atomic mass is 9.90. The van der Waals surface area contributed by atoms with Crippen LogP contribution in [0.4, 0.5) is 0 Å². The first-order chi connectivity index (χ1) is 11.2. The molecule has 0 atom stereocenters. The molecule has 0 fully saturated rings. The van der Waals surface area contributed by atoms with Crippen LogP contribution in [-0.2, 0) is 14.8 Å². The Morgan fingerprint density at radius 2 is 2.04 bits per heavy atom. The van der Waals surface area contributed by atoms with Gasteiger partial charge in [0, 0.05) is 12.0 Å².